The number of para-hydroxylation sites is 1. The minimum atomic E-state index is 0.504. The SMILES string of the molecule is CCc1cccc(-c2nnc(C)o2)c1OC. The quantitative estimate of drug-likeness (QED) is 0.794. The molecule has 2 rings (SSSR count). The molecule has 1 aromatic carbocycles. The Morgan fingerprint density at radius 1 is 1.31 bits per heavy atom. The van der Waals surface area contributed by atoms with Crippen molar-refractivity contribution in [3.8, 4) is 17.2 Å². The molecule has 0 spiro atoms. The fraction of sp³-hybridized carbons (Fsp3) is 0.333. The van der Waals surface area contributed by atoms with Gasteiger partial charge in [0.15, 0.2) is 0 Å². The lowest BCUT2D eigenvalue weighted by Crippen LogP contribution is -1.93. The molecule has 4 nitrogen and oxygen atoms in total. The molecule has 0 unspecified atom stereocenters. The number of aromatic nitrogens is 2. The molecular weight excluding hydrogens is 204 g/mol. The second-order valence-electron chi connectivity index (χ2n) is 3.48. The van der Waals surface area contributed by atoms with Gasteiger partial charge in [-0.1, -0.05) is 19.1 Å². The topological polar surface area (TPSA) is 48.2 Å². The molecule has 84 valence electrons. The zero-order valence-electron chi connectivity index (χ0n) is 9.65. The van der Waals surface area contributed by atoms with Crippen molar-refractivity contribution in [1.82, 2.24) is 10.2 Å². The van der Waals surface area contributed by atoms with Crippen LogP contribution in [0.3, 0.4) is 0 Å². The fourth-order valence-electron chi connectivity index (χ4n) is 1.68. The zero-order valence-corrected chi connectivity index (χ0v) is 9.65. The van der Waals surface area contributed by atoms with Crippen LogP contribution in [0, 0.1) is 6.92 Å². The van der Waals surface area contributed by atoms with Crippen LogP contribution in [-0.4, -0.2) is 17.3 Å². The lowest BCUT2D eigenvalue weighted by molar-refractivity contribution is 0.409. The van der Waals surface area contributed by atoms with Crippen molar-refractivity contribution in [3.05, 3.63) is 29.7 Å². The number of ether oxygens (including phenoxy) is 1. The number of benzene rings is 1. The Balaban J connectivity index is 2.56. The van der Waals surface area contributed by atoms with Crippen LogP contribution in [0.25, 0.3) is 11.5 Å². The van der Waals surface area contributed by atoms with Gasteiger partial charge in [-0.05, 0) is 18.1 Å². The van der Waals surface area contributed by atoms with Gasteiger partial charge in [0, 0.05) is 6.92 Å². The van der Waals surface area contributed by atoms with Crippen LogP contribution in [0.4, 0.5) is 0 Å². The minimum Gasteiger partial charge on any atom is -0.496 e. The summed E-state index contributed by atoms with van der Waals surface area (Å²) in [5.74, 6) is 1.87. The molecule has 0 bridgehead atoms. The first-order valence-electron chi connectivity index (χ1n) is 5.22. The summed E-state index contributed by atoms with van der Waals surface area (Å²) in [6.07, 6.45) is 0.907. The van der Waals surface area contributed by atoms with Gasteiger partial charge in [0.2, 0.25) is 5.89 Å². The van der Waals surface area contributed by atoms with Gasteiger partial charge in [0.25, 0.3) is 5.89 Å². The van der Waals surface area contributed by atoms with Gasteiger partial charge in [0.05, 0.1) is 12.7 Å². The van der Waals surface area contributed by atoms with Crippen molar-refractivity contribution in [2.24, 2.45) is 0 Å². The van der Waals surface area contributed by atoms with Gasteiger partial charge < -0.3 is 9.15 Å². The first kappa shape index (κ1) is 10.7. The summed E-state index contributed by atoms with van der Waals surface area (Å²) in [7, 11) is 1.65. The number of rotatable bonds is 3. The normalized spacial score (nSPS) is 10.4. The summed E-state index contributed by atoms with van der Waals surface area (Å²) >= 11 is 0. The van der Waals surface area contributed by atoms with E-state index in [1.807, 2.05) is 18.2 Å². The second-order valence-corrected chi connectivity index (χ2v) is 3.48. The van der Waals surface area contributed by atoms with E-state index in [0.717, 1.165) is 23.3 Å². The van der Waals surface area contributed by atoms with E-state index in [4.69, 9.17) is 9.15 Å². The Bertz CT molecular complexity index is 492. The highest BCUT2D eigenvalue weighted by atomic mass is 16.5. The van der Waals surface area contributed by atoms with E-state index < -0.39 is 0 Å². The zero-order chi connectivity index (χ0) is 11.5. The summed E-state index contributed by atoms with van der Waals surface area (Å²) in [6.45, 7) is 3.85. The monoisotopic (exact) mass is 218 g/mol. The molecule has 2 aromatic rings. The molecule has 0 fully saturated rings. The molecule has 0 aliphatic rings. The number of hydrogen-bond donors (Lipinski definition) is 0. The highest BCUT2D eigenvalue weighted by Gasteiger charge is 2.14. The van der Waals surface area contributed by atoms with Crippen LogP contribution < -0.4 is 4.74 Å². The lowest BCUT2D eigenvalue weighted by Gasteiger charge is -2.09. The Morgan fingerprint density at radius 2 is 2.12 bits per heavy atom. The molecule has 0 atom stereocenters. The first-order valence-corrected chi connectivity index (χ1v) is 5.22. The maximum Gasteiger partial charge on any atom is 0.251 e. The summed E-state index contributed by atoms with van der Waals surface area (Å²) in [5.41, 5.74) is 1.98. The Morgan fingerprint density at radius 3 is 2.69 bits per heavy atom. The van der Waals surface area contributed by atoms with E-state index in [1.165, 1.54) is 0 Å². The summed E-state index contributed by atoms with van der Waals surface area (Å²) < 4.78 is 10.8. The fourth-order valence-corrected chi connectivity index (χ4v) is 1.68. The maximum absolute atomic E-state index is 5.41. The van der Waals surface area contributed by atoms with Gasteiger partial charge >= 0.3 is 0 Å². The van der Waals surface area contributed by atoms with E-state index >= 15 is 0 Å². The third-order valence-electron chi connectivity index (χ3n) is 2.44. The van der Waals surface area contributed by atoms with E-state index in [2.05, 4.69) is 17.1 Å². The molecular formula is C12H14N2O2. The third-order valence-corrected chi connectivity index (χ3v) is 2.44. The predicted molar refractivity (Wildman–Crippen MR) is 60.4 cm³/mol. The van der Waals surface area contributed by atoms with Gasteiger partial charge in [-0.3, -0.25) is 0 Å². The van der Waals surface area contributed by atoms with Crippen molar-refractivity contribution in [2.75, 3.05) is 7.11 Å². The van der Waals surface area contributed by atoms with E-state index in [1.54, 1.807) is 14.0 Å². The molecule has 0 aliphatic carbocycles. The average molecular weight is 218 g/mol. The van der Waals surface area contributed by atoms with Crippen LogP contribution in [0.1, 0.15) is 18.4 Å². The first-order chi connectivity index (χ1) is 7.76. The molecule has 16 heavy (non-hydrogen) atoms. The Labute approximate surface area is 94.3 Å². The molecule has 1 heterocycles. The minimum absolute atomic E-state index is 0.504. The number of nitrogens with zero attached hydrogens (tertiary/aromatic N) is 2. The van der Waals surface area contributed by atoms with Crippen molar-refractivity contribution >= 4 is 0 Å². The lowest BCUT2D eigenvalue weighted by atomic mass is 10.1. The number of hydrogen-bond acceptors (Lipinski definition) is 4. The summed E-state index contributed by atoms with van der Waals surface area (Å²) in [4.78, 5) is 0. The van der Waals surface area contributed by atoms with Crippen LogP contribution in [-0.2, 0) is 6.42 Å². The van der Waals surface area contributed by atoms with Crippen LogP contribution >= 0.6 is 0 Å². The van der Waals surface area contributed by atoms with Gasteiger partial charge in [-0.2, -0.15) is 0 Å². The Kier molecular flexibility index (Phi) is 2.90. The summed E-state index contributed by atoms with van der Waals surface area (Å²) in [6, 6.07) is 5.92. The maximum atomic E-state index is 5.41. The van der Waals surface area contributed by atoms with Crippen molar-refractivity contribution < 1.29 is 9.15 Å². The van der Waals surface area contributed by atoms with Crippen molar-refractivity contribution in [1.29, 1.82) is 0 Å². The molecule has 4 heteroatoms. The third kappa shape index (κ3) is 1.78. The van der Waals surface area contributed by atoms with E-state index in [-0.39, 0.29) is 0 Å². The van der Waals surface area contributed by atoms with E-state index in [9.17, 15) is 0 Å². The van der Waals surface area contributed by atoms with E-state index in [0.29, 0.717) is 11.8 Å². The molecule has 0 saturated carbocycles. The number of methoxy groups -OCH3 is 1. The van der Waals surface area contributed by atoms with Gasteiger partial charge in [0.1, 0.15) is 5.75 Å². The van der Waals surface area contributed by atoms with Crippen LogP contribution in [0.5, 0.6) is 5.75 Å². The number of aryl methyl sites for hydroxylation is 2. The predicted octanol–water partition coefficient (Wildman–Crippen LogP) is 2.62. The van der Waals surface area contributed by atoms with Crippen molar-refractivity contribution in [2.45, 2.75) is 20.3 Å². The Hall–Kier alpha value is -1.84. The summed E-state index contributed by atoms with van der Waals surface area (Å²) in [5, 5.41) is 7.83. The molecule has 0 radical (unpaired) electrons. The van der Waals surface area contributed by atoms with Gasteiger partial charge in [-0.15, -0.1) is 10.2 Å². The van der Waals surface area contributed by atoms with Crippen LogP contribution in [0.2, 0.25) is 0 Å². The molecule has 0 amide bonds. The van der Waals surface area contributed by atoms with Gasteiger partial charge in [-0.25, -0.2) is 0 Å². The highest BCUT2D eigenvalue weighted by molar-refractivity contribution is 5.65. The standard InChI is InChI=1S/C12H14N2O2/c1-4-9-6-5-7-10(11(9)15-3)12-14-13-8(2)16-12/h5-7H,4H2,1-3H3. The second kappa shape index (κ2) is 4.35. The molecule has 1 aromatic heterocycles. The largest absolute Gasteiger partial charge is 0.496 e. The smallest absolute Gasteiger partial charge is 0.251 e. The van der Waals surface area contributed by atoms with Crippen molar-refractivity contribution in [3.63, 3.8) is 0 Å². The average Bonchev–Trinajstić information content (AvgIpc) is 2.74. The molecule has 0 N–H and O–H groups in total. The van der Waals surface area contributed by atoms with Crippen LogP contribution in [0.15, 0.2) is 22.6 Å². The highest BCUT2D eigenvalue weighted by Crippen LogP contribution is 2.32. The molecule has 0 saturated heterocycles. The molecule has 0 aliphatic heterocycles.